The molecule has 0 radical (unpaired) electrons. The van der Waals surface area contributed by atoms with Crippen molar-refractivity contribution in [2.45, 2.75) is 26.8 Å². The molecule has 18 heavy (non-hydrogen) atoms. The number of rotatable bonds is 4. The molecule has 0 atom stereocenters. The first-order chi connectivity index (χ1) is 8.38. The van der Waals surface area contributed by atoms with Gasteiger partial charge < -0.3 is 10.6 Å². The van der Waals surface area contributed by atoms with Crippen LogP contribution in [0.15, 0.2) is 24.8 Å². The van der Waals surface area contributed by atoms with Crippen LogP contribution < -0.4 is 5.73 Å². The Bertz CT molecular complexity index is 446. The lowest BCUT2D eigenvalue weighted by molar-refractivity contribution is 0.0728. The van der Waals surface area contributed by atoms with Crippen LogP contribution in [0, 0.1) is 12.7 Å². The molecular weight excluding hydrogens is 231 g/mol. The Morgan fingerprint density at radius 2 is 2.17 bits per heavy atom. The topological polar surface area (TPSA) is 46.3 Å². The highest BCUT2D eigenvalue weighted by Crippen LogP contribution is 2.19. The molecule has 1 aromatic carbocycles. The van der Waals surface area contributed by atoms with Gasteiger partial charge in [-0.15, -0.1) is 6.58 Å². The van der Waals surface area contributed by atoms with Crippen LogP contribution in [0.4, 0.5) is 10.1 Å². The van der Waals surface area contributed by atoms with Crippen molar-refractivity contribution in [1.82, 2.24) is 4.90 Å². The van der Waals surface area contributed by atoms with Crippen LogP contribution in [-0.4, -0.2) is 23.4 Å². The number of hydrogen-bond acceptors (Lipinski definition) is 2. The lowest BCUT2D eigenvalue weighted by Gasteiger charge is -2.25. The van der Waals surface area contributed by atoms with Gasteiger partial charge in [-0.2, -0.15) is 0 Å². The highest BCUT2D eigenvalue weighted by Gasteiger charge is 2.19. The van der Waals surface area contributed by atoms with Gasteiger partial charge in [-0.3, -0.25) is 4.79 Å². The Balaban J connectivity index is 3.13. The molecule has 0 heterocycles. The maximum Gasteiger partial charge on any atom is 0.254 e. The van der Waals surface area contributed by atoms with Gasteiger partial charge in [0, 0.05) is 29.4 Å². The van der Waals surface area contributed by atoms with Gasteiger partial charge in [0.1, 0.15) is 5.82 Å². The fourth-order valence-electron chi connectivity index (χ4n) is 1.66. The Morgan fingerprint density at radius 3 is 2.61 bits per heavy atom. The maximum absolute atomic E-state index is 13.6. The van der Waals surface area contributed by atoms with Crippen LogP contribution in [0.3, 0.4) is 0 Å². The molecule has 0 saturated carbocycles. The second kappa shape index (κ2) is 5.67. The fraction of sp³-hybridized carbons (Fsp3) is 0.357. The number of halogens is 1. The van der Waals surface area contributed by atoms with E-state index in [4.69, 9.17) is 5.73 Å². The molecule has 0 unspecified atom stereocenters. The van der Waals surface area contributed by atoms with Gasteiger partial charge in [0.05, 0.1) is 0 Å². The normalized spacial score (nSPS) is 10.5. The number of carbonyl (C=O) groups excluding carboxylic acids is 1. The number of amides is 1. The number of hydrogen-bond donors (Lipinski definition) is 1. The third-order valence-corrected chi connectivity index (χ3v) is 2.84. The SMILES string of the molecule is C=CCN(C(=O)c1cc(N)c(C)c(F)c1)C(C)C. The summed E-state index contributed by atoms with van der Waals surface area (Å²) in [6, 6.07) is 2.76. The van der Waals surface area contributed by atoms with Gasteiger partial charge in [0.15, 0.2) is 0 Å². The highest BCUT2D eigenvalue weighted by molar-refractivity contribution is 5.95. The molecule has 0 aliphatic carbocycles. The predicted molar refractivity (Wildman–Crippen MR) is 71.9 cm³/mol. The monoisotopic (exact) mass is 250 g/mol. The fourth-order valence-corrected chi connectivity index (χ4v) is 1.66. The number of carbonyl (C=O) groups is 1. The van der Waals surface area contributed by atoms with Crippen LogP contribution in [0.5, 0.6) is 0 Å². The summed E-state index contributed by atoms with van der Waals surface area (Å²) in [5.74, 6) is -0.698. The van der Waals surface area contributed by atoms with E-state index >= 15 is 0 Å². The third kappa shape index (κ3) is 2.88. The van der Waals surface area contributed by atoms with E-state index in [2.05, 4.69) is 6.58 Å². The molecule has 4 heteroatoms. The summed E-state index contributed by atoms with van der Waals surface area (Å²) in [4.78, 5) is 13.9. The quantitative estimate of drug-likeness (QED) is 0.659. The lowest BCUT2D eigenvalue weighted by Crippen LogP contribution is -2.37. The van der Waals surface area contributed by atoms with E-state index < -0.39 is 5.82 Å². The zero-order valence-electron chi connectivity index (χ0n) is 11.0. The second-order valence-corrected chi connectivity index (χ2v) is 4.51. The standard InChI is InChI=1S/C14H19FN2O/c1-5-6-17(9(2)3)14(18)11-7-12(15)10(4)13(16)8-11/h5,7-9H,1,6,16H2,2-4H3. The molecule has 3 nitrogen and oxygen atoms in total. The first-order valence-corrected chi connectivity index (χ1v) is 5.86. The van der Waals surface area contributed by atoms with Crippen molar-refractivity contribution in [1.29, 1.82) is 0 Å². The summed E-state index contributed by atoms with van der Waals surface area (Å²) in [6.45, 7) is 9.42. The molecule has 1 rings (SSSR count). The van der Waals surface area contributed by atoms with Crippen molar-refractivity contribution in [3.63, 3.8) is 0 Å². The van der Waals surface area contributed by atoms with E-state index in [0.717, 1.165) is 0 Å². The first-order valence-electron chi connectivity index (χ1n) is 5.86. The lowest BCUT2D eigenvalue weighted by atomic mass is 10.1. The molecule has 0 aliphatic heterocycles. The highest BCUT2D eigenvalue weighted by atomic mass is 19.1. The molecule has 98 valence electrons. The summed E-state index contributed by atoms with van der Waals surface area (Å²) in [5, 5.41) is 0. The summed E-state index contributed by atoms with van der Waals surface area (Å²) < 4.78 is 13.6. The molecule has 1 aromatic rings. The molecule has 0 fully saturated rings. The molecule has 0 saturated heterocycles. The van der Waals surface area contributed by atoms with Crippen molar-refractivity contribution in [2.24, 2.45) is 0 Å². The minimum Gasteiger partial charge on any atom is -0.398 e. The van der Waals surface area contributed by atoms with Crippen molar-refractivity contribution < 1.29 is 9.18 Å². The number of nitrogens with zero attached hydrogens (tertiary/aromatic N) is 1. The van der Waals surface area contributed by atoms with Crippen molar-refractivity contribution in [3.05, 3.63) is 41.7 Å². The molecule has 1 amide bonds. The van der Waals surface area contributed by atoms with Crippen LogP contribution in [0.25, 0.3) is 0 Å². The van der Waals surface area contributed by atoms with Crippen molar-refractivity contribution in [3.8, 4) is 0 Å². The van der Waals surface area contributed by atoms with Gasteiger partial charge in [-0.1, -0.05) is 6.08 Å². The minimum atomic E-state index is -0.458. The van der Waals surface area contributed by atoms with E-state index in [1.807, 2.05) is 13.8 Å². The zero-order chi connectivity index (χ0) is 13.9. The minimum absolute atomic E-state index is 0.0149. The van der Waals surface area contributed by atoms with Crippen LogP contribution >= 0.6 is 0 Å². The Hall–Kier alpha value is -1.84. The maximum atomic E-state index is 13.6. The van der Waals surface area contributed by atoms with Gasteiger partial charge in [0.2, 0.25) is 0 Å². The van der Waals surface area contributed by atoms with Crippen LogP contribution in [-0.2, 0) is 0 Å². The number of anilines is 1. The van der Waals surface area contributed by atoms with Crippen LogP contribution in [0.2, 0.25) is 0 Å². The summed E-state index contributed by atoms with van der Waals surface area (Å²) >= 11 is 0. The van der Waals surface area contributed by atoms with E-state index in [1.165, 1.54) is 12.1 Å². The van der Waals surface area contributed by atoms with E-state index in [0.29, 0.717) is 17.8 Å². The van der Waals surface area contributed by atoms with E-state index in [9.17, 15) is 9.18 Å². The molecule has 0 aromatic heterocycles. The van der Waals surface area contributed by atoms with Gasteiger partial charge in [-0.25, -0.2) is 4.39 Å². The molecule has 2 N–H and O–H groups in total. The van der Waals surface area contributed by atoms with Crippen LogP contribution in [0.1, 0.15) is 29.8 Å². The van der Waals surface area contributed by atoms with Crippen molar-refractivity contribution >= 4 is 11.6 Å². The van der Waals surface area contributed by atoms with E-state index in [-0.39, 0.29) is 17.5 Å². The average molecular weight is 250 g/mol. The zero-order valence-corrected chi connectivity index (χ0v) is 11.0. The Kier molecular flexibility index (Phi) is 4.48. The number of benzene rings is 1. The summed E-state index contributed by atoms with van der Waals surface area (Å²) in [6.07, 6.45) is 1.64. The van der Waals surface area contributed by atoms with Gasteiger partial charge >= 0.3 is 0 Å². The number of nitrogen functional groups attached to an aromatic ring is 1. The predicted octanol–water partition coefficient (Wildman–Crippen LogP) is 2.75. The number of nitrogens with two attached hydrogens (primary N) is 1. The Morgan fingerprint density at radius 1 is 1.56 bits per heavy atom. The molecule has 0 bridgehead atoms. The summed E-state index contributed by atoms with van der Waals surface area (Å²) in [5.41, 5.74) is 6.61. The van der Waals surface area contributed by atoms with Gasteiger partial charge in [0.25, 0.3) is 5.91 Å². The first kappa shape index (κ1) is 14.2. The largest absolute Gasteiger partial charge is 0.398 e. The van der Waals surface area contributed by atoms with E-state index in [1.54, 1.807) is 17.9 Å². The second-order valence-electron chi connectivity index (χ2n) is 4.51. The Labute approximate surface area is 107 Å². The third-order valence-electron chi connectivity index (χ3n) is 2.84. The summed E-state index contributed by atoms with van der Waals surface area (Å²) in [7, 11) is 0. The van der Waals surface area contributed by atoms with Gasteiger partial charge in [-0.05, 0) is 32.9 Å². The molecule has 0 aliphatic rings. The average Bonchev–Trinajstić information content (AvgIpc) is 2.31. The molecular formula is C14H19FN2O. The van der Waals surface area contributed by atoms with Crippen molar-refractivity contribution in [2.75, 3.05) is 12.3 Å². The molecule has 0 spiro atoms. The smallest absolute Gasteiger partial charge is 0.254 e.